The molecule has 0 spiro atoms. The van der Waals surface area contributed by atoms with E-state index < -0.39 is 0 Å². The van der Waals surface area contributed by atoms with Crippen LogP contribution < -0.4 is 5.73 Å². The number of halogens is 1. The number of nitrogens with two attached hydrogens (primary N) is 1. The van der Waals surface area contributed by atoms with Gasteiger partial charge in [-0.3, -0.25) is 0 Å². The van der Waals surface area contributed by atoms with Crippen molar-refractivity contribution < 1.29 is 4.52 Å². The Balaban J connectivity index is 2.50. The summed E-state index contributed by atoms with van der Waals surface area (Å²) < 4.78 is 5.81. The molecule has 62 valence electrons. The van der Waals surface area contributed by atoms with E-state index in [1.54, 1.807) is 17.5 Å². The Labute approximate surface area is 81.3 Å². The molecule has 2 rings (SSSR count). The molecular weight excluding hydrogens is 240 g/mol. The standard InChI is InChI=1S/C7H5BrN2OS/c8-6-2-1-5(12-6)4-3-10-11-7(4)9/h1-3H,9H2. The van der Waals surface area contributed by atoms with Gasteiger partial charge in [0.15, 0.2) is 0 Å². The third kappa shape index (κ3) is 1.25. The summed E-state index contributed by atoms with van der Waals surface area (Å²) in [7, 11) is 0. The molecule has 0 radical (unpaired) electrons. The minimum atomic E-state index is 0.365. The fraction of sp³-hybridized carbons (Fsp3) is 0. The second-order valence-electron chi connectivity index (χ2n) is 2.21. The van der Waals surface area contributed by atoms with Crippen LogP contribution >= 0.6 is 27.3 Å². The monoisotopic (exact) mass is 244 g/mol. The van der Waals surface area contributed by atoms with E-state index in [0.717, 1.165) is 14.2 Å². The van der Waals surface area contributed by atoms with Crippen molar-refractivity contribution in [2.24, 2.45) is 0 Å². The van der Waals surface area contributed by atoms with Gasteiger partial charge >= 0.3 is 0 Å². The minimum Gasteiger partial charge on any atom is -0.367 e. The van der Waals surface area contributed by atoms with Gasteiger partial charge in [0.1, 0.15) is 0 Å². The summed E-state index contributed by atoms with van der Waals surface area (Å²) in [5, 5.41) is 3.60. The van der Waals surface area contributed by atoms with E-state index in [9.17, 15) is 0 Å². The molecule has 0 aromatic carbocycles. The van der Waals surface area contributed by atoms with Crippen molar-refractivity contribution >= 4 is 33.2 Å². The number of rotatable bonds is 1. The van der Waals surface area contributed by atoms with Crippen LogP contribution in [0.5, 0.6) is 0 Å². The number of nitrogens with zero attached hydrogens (tertiary/aromatic N) is 1. The van der Waals surface area contributed by atoms with Gasteiger partial charge in [-0.05, 0) is 28.1 Å². The fourth-order valence-electron chi connectivity index (χ4n) is 0.893. The topological polar surface area (TPSA) is 52.0 Å². The molecule has 0 aliphatic rings. The van der Waals surface area contributed by atoms with Crippen molar-refractivity contribution in [2.75, 3.05) is 5.73 Å². The molecule has 0 aliphatic carbocycles. The second kappa shape index (κ2) is 2.91. The van der Waals surface area contributed by atoms with Gasteiger partial charge in [0.25, 0.3) is 0 Å². The van der Waals surface area contributed by atoms with Gasteiger partial charge in [-0.25, -0.2) is 0 Å². The lowest BCUT2D eigenvalue weighted by molar-refractivity contribution is 0.437. The van der Waals surface area contributed by atoms with Crippen LogP contribution in [0.3, 0.4) is 0 Å². The highest BCUT2D eigenvalue weighted by molar-refractivity contribution is 9.11. The molecule has 0 amide bonds. The van der Waals surface area contributed by atoms with Gasteiger partial charge in [-0.15, -0.1) is 11.3 Å². The molecular formula is C7H5BrN2OS. The van der Waals surface area contributed by atoms with Crippen LogP contribution in [0.2, 0.25) is 0 Å². The molecule has 0 fully saturated rings. The van der Waals surface area contributed by atoms with Gasteiger partial charge in [0.2, 0.25) is 5.88 Å². The molecule has 0 saturated carbocycles. The van der Waals surface area contributed by atoms with E-state index >= 15 is 0 Å². The molecule has 2 aromatic rings. The average Bonchev–Trinajstić information content (AvgIpc) is 2.58. The summed E-state index contributed by atoms with van der Waals surface area (Å²) in [6.07, 6.45) is 1.62. The Hall–Kier alpha value is -0.810. The summed E-state index contributed by atoms with van der Waals surface area (Å²) in [5.74, 6) is 0.365. The van der Waals surface area contributed by atoms with Gasteiger partial charge in [0, 0.05) is 4.88 Å². The zero-order chi connectivity index (χ0) is 8.55. The molecule has 2 N–H and O–H groups in total. The highest BCUT2D eigenvalue weighted by Crippen LogP contribution is 2.33. The van der Waals surface area contributed by atoms with E-state index in [1.165, 1.54) is 0 Å². The maximum absolute atomic E-state index is 5.54. The summed E-state index contributed by atoms with van der Waals surface area (Å²) in [6, 6.07) is 3.93. The maximum Gasteiger partial charge on any atom is 0.230 e. The predicted octanol–water partition coefficient (Wildman–Crippen LogP) is 2.75. The Morgan fingerprint density at radius 2 is 2.33 bits per heavy atom. The average molecular weight is 245 g/mol. The first-order chi connectivity index (χ1) is 5.77. The molecule has 0 bridgehead atoms. The Bertz CT molecular complexity index is 396. The molecule has 2 aromatic heterocycles. The first kappa shape index (κ1) is 7.82. The summed E-state index contributed by atoms with van der Waals surface area (Å²) in [6.45, 7) is 0. The smallest absolute Gasteiger partial charge is 0.230 e. The largest absolute Gasteiger partial charge is 0.367 e. The van der Waals surface area contributed by atoms with Gasteiger partial charge in [-0.1, -0.05) is 5.16 Å². The quantitative estimate of drug-likeness (QED) is 0.840. The molecule has 0 aliphatic heterocycles. The lowest BCUT2D eigenvalue weighted by atomic mass is 10.3. The predicted molar refractivity (Wildman–Crippen MR) is 51.9 cm³/mol. The molecule has 5 heteroatoms. The molecule has 0 atom stereocenters. The Morgan fingerprint density at radius 3 is 2.83 bits per heavy atom. The number of hydrogen-bond donors (Lipinski definition) is 1. The van der Waals surface area contributed by atoms with Crippen LogP contribution in [0.15, 0.2) is 26.6 Å². The second-order valence-corrected chi connectivity index (χ2v) is 4.67. The number of aromatic nitrogens is 1. The highest BCUT2D eigenvalue weighted by atomic mass is 79.9. The number of thiophene rings is 1. The SMILES string of the molecule is Nc1oncc1-c1ccc(Br)s1. The van der Waals surface area contributed by atoms with E-state index in [0.29, 0.717) is 5.88 Å². The third-order valence-electron chi connectivity index (χ3n) is 1.44. The van der Waals surface area contributed by atoms with Gasteiger partial charge in [-0.2, -0.15) is 0 Å². The van der Waals surface area contributed by atoms with Crippen molar-refractivity contribution in [1.82, 2.24) is 5.16 Å². The lowest BCUT2D eigenvalue weighted by Gasteiger charge is -1.88. The van der Waals surface area contributed by atoms with E-state index in [4.69, 9.17) is 10.3 Å². The molecule has 12 heavy (non-hydrogen) atoms. The maximum atomic E-state index is 5.54. The van der Waals surface area contributed by atoms with Crippen molar-refractivity contribution in [3.63, 3.8) is 0 Å². The van der Waals surface area contributed by atoms with E-state index in [2.05, 4.69) is 21.1 Å². The lowest BCUT2D eigenvalue weighted by Crippen LogP contribution is -1.81. The minimum absolute atomic E-state index is 0.365. The number of hydrogen-bond acceptors (Lipinski definition) is 4. The zero-order valence-electron chi connectivity index (χ0n) is 5.95. The first-order valence-corrected chi connectivity index (χ1v) is 4.84. The van der Waals surface area contributed by atoms with Crippen LogP contribution in [0.25, 0.3) is 10.4 Å². The zero-order valence-corrected chi connectivity index (χ0v) is 8.35. The van der Waals surface area contributed by atoms with E-state index in [1.807, 2.05) is 12.1 Å². The number of nitrogen functional groups attached to an aromatic ring is 1. The van der Waals surface area contributed by atoms with Crippen molar-refractivity contribution in [2.45, 2.75) is 0 Å². The van der Waals surface area contributed by atoms with Crippen molar-refractivity contribution in [3.8, 4) is 10.4 Å². The van der Waals surface area contributed by atoms with Gasteiger partial charge < -0.3 is 10.3 Å². The molecule has 0 unspecified atom stereocenters. The normalized spacial score (nSPS) is 10.4. The van der Waals surface area contributed by atoms with Gasteiger partial charge in [0.05, 0.1) is 15.5 Å². The molecule has 0 saturated heterocycles. The Kier molecular flexibility index (Phi) is 1.90. The summed E-state index contributed by atoms with van der Waals surface area (Å²) >= 11 is 4.97. The van der Waals surface area contributed by atoms with Crippen LogP contribution in [-0.2, 0) is 0 Å². The fourth-order valence-corrected chi connectivity index (χ4v) is 2.29. The van der Waals surface area contributed by atoms with Crippen LogP contribution in [0.4, 0.5) is 5.88 Å². The molecule has 2 heterocycles. The first-order valence-electron chi connectivity index (χ1n) is 3.23. The van der Waals surface area contributed by atoms with Crippen LogP contribution in [0.1, 0.15) is 0 Å². The number of anilines is 1. The molecule has 3 nitrogen and oxygen atoms in total. The van der Waals surface area contributed by atoms with Crippen LogP contribution in [-0.4, -0.2) is 5.16 Å². The third-order valence-corrected chi connectivity index (χ3v) is 3.09. The van der Waals surface area contributed by atoms with Crippen LogP contribution in [0, 0.1) is 0 Å². The van der Waals surface area contributed by atoms with Crippen molar-refractivity contribution in [3.05, 3.63) is 22.1 Å². The summed E-state index contributed by atoms with van der Waals surface area (Å²) in [4.78, 5) is 1.06. The van der Waals surface area contributed by atoms with E-state index in [-0.39, 0.29) is 0 Å². The summed E-state index contributed by atoms with van der Waals surface area (Å²) in [5.41, 5.74) is 6.40. The Morgan fingerprint density at radius 1 is 1.50 bits per heavy atom. The van der Waals surface area contributed by atoms with Crippen molar-refractivity contribution in [1.29, 1.82) is 0 Å². The highest BCUT2D eigenvalue weighted by Gasteiger charge is 2.08.